The van der Waals surface area contributed by atoms with Gasteiger partial charge < -0.3 is 19.4 Å². The number of amides is 2. The molecule has 2 amide bonds. The first-order valence-corrected chi connectivity index (χ1v) is 13.6. The summed E-state index contributed by atoms with van der Waals surface area (Å²) in [5, 5.41) is 2.85. The number of furan rings is 1. The molecule has 0 bridgehead atoms. The monoisotopic (exact) mass is 540 g/mol. The summed E-state index contributed by atoms with van der Waals surface area (Å²) in [6, 6.07) is 24.9. The number of rotatable bonds is 9. The molecule has 206 valence electrons. The van der Waals surface area contributed by atoms with Crippen molar-refractivity contribution in [2.45, 2.75) is 45.9 Å². The molecule has 1 atom stereocenters. The van der Waals surface area contributed by atoms with Crippen LogP contribution in [0.15, 0.2) is 89.3 Å². The first kappa shape index (κ1) is 27.2. The lowest BCUT2D eigenvalue weighted by molar-refractivity contribution is -0.134. The summed E-state index contributed by atoms with van der Waals surface area (Å²) in [7, 11) is 0. The zero-order valence-corrected chi connectivity index (χ0v) is 22.7. The molecular weight excluding hydrogens is 507 g/mol. The van der Waals surface area contributed by atoms with Gasteiger partial charge in [-0.25, -0.2) is 4.39 Å². The molecule has 3 aromatic carbocycles. The van der Waals surface area contributed by atoms with E-state index in [0.717, 1.165) is 22.3 Å². The number of benzene rings is 3. The summed E-state index contributed by atoms with van der Waals surface area (Å²) in [5.74, 6) is 0.959. The Morgan fingerprint density at radius 3 is 2.62 bits per heavy atom. The van der Waals surface area contributed by atoms with Gasteiger partial charge in [0.15, 0.2) is 5.76 Å². The van der Waals surface area contributed by atoms with Gasteiger partial charge in [-0.2, -0.15) is 0 Å². The van der Waals surface area contributed by atoms with E-state index in [9.17, 15) is 14.0 Å². The number of nitrogens with zero attached hydrogens (tertiary/aromatic N) is 1. The van der Waals surface area contributed by atoms with Gasteiger partial charge in [-0.05, 0) is 71.0 Å². The highest BCUT2D eigenvalue weighted by Gasteiger charge is 2.32. The molecule has 1 N–H and O–H groups in total. The number of ether oxygens (including phenoxy) is 1. The van der Waals surface area contributed by atoms with Crippen LogP contribution >= 0.6 is 0 Å². The van der Waals surface area contributed by atoms with Gasteiger partial charge in [0.2, 0.25) is 5.91 Å². The molecule has 1 aromatic heterocycles. The van der Waals surface area contributed by atoms with Crippen LogP contribution in [-0.4, -0.2) is 23.3 Å². The van der Waals surface area contributed by atoms with E-state index in [0.29, 0.717) is 37.4 Å². The van der Waals surface area contributed by atoms with Gasteiger partial charge >= 0.3 is 0 Å². The van der Waals surface area contributed by atoms with Crippen LogP contribution < -0.4 is 10.1 Å². The molecule has 0 saturated carbocycles. The van der Waals surface area contributed by atoms with Gasteiger partial charge in [-0.3, -0.25) is 9.59 Å². The number of hydrogen-bond acceptors (Lipinski definition) is 4. The summed E-state index contributed by atoms with van der Waals surface area (Å²) in [4.78, 5) is 27.6. The Morgan fingerprint density at radius 1 is 1.02 bits per heavy atom. The van der Waals surface area contributed by atoms with Gasteiger partial charge in [0.05, 0.1) is 6.04 Å². The van der Waals surface area contributed by atoms with Crippen LogP contribution in [0.2, 0.25) is 0 Å². The minimum Gasteiger partial charge on any atom is -0.486 e. The summed E-state index contributed by atoms with van der Waals surface area (Å²) >= 11 is 0. The molecule has 0 spiro atoms. The average molecular weight is 541 g/mol. The van der Waals surface area contributed by atoms with E-state index in [1.807, 2.05) is 73.3 Å². The summed E-state index contributed by atoms with van der Waals surface area (Å²) in [6.45, 7) is 5.15. The quantitative estimate of drug-likeness (QED) is 0.265. The normalized spacial score (nSPS) is 14.6. The standard InChI is InChI=1S/C33H33FN2O4/c1-22(2)17-31(37)36-16-15-24-11-12-27(19-29(24)32(36)25-9-6-10-26(34)18-25)39-21-28-13-14-30(40-28)33(38)35-20-23-7-4-3-5-8-23/h3-14,18-19,22,32H,15-17,20-21H2,1-2H3,(H,35,38)/t32-/m1/s1. The maximum atomic E-state index is 14.3. The molecule has 7 heteroatoms. The van der Waals surface area contributed by atoms with Crippen LogP contribution in [0.4, 0.5) is 4.39 Å². The Morgan fingerprint density at radius 2 is 1.85 bits per heavy atom. The fourth-order valence-electron chi connectivity index (χ4n) is 5.05. The summed E-state index contributed by atoms with van der Waals surface area (Å²) < 4.78 is 26.0. The highest BCUT2D eigenvalue weighted by atomic mass is 19.1. The fourth-order valence-corrected chi connectivity index (χ4v) is 5.05. The lowest BCUT2D eigenvalue weighted by atomic mass is 9.87. The van der Waals surface area contributed by atoms with Crippen molar-refractivity contribution in [1.82, 2.24) is 10.2 Å². The number of nitrogens with one attached hydrogen (secondary N) is 1. The zero-order valence-electron chi connectivity index (χ0n) is 22.7. The SMILES string of the molecule is CC(C)CC(=O)N1CCc2ccc(OCc3ccc(C(=O)NCc4ccccc4)o3)cc2[C@H]1c1cccc(F)c1. The van der Waals surface area contributed by atoms with Crippen LogP contribution in [0, 0.1) is 11.7 Å². The molecular formula is C33H33FN2O4. The van der Waals surface area contributed by atoms with Crippen molar-refractivity contribution < 1.29 is 23.1 Å². The molecule has 4 aromatic rings. The predicted molar refractivity (Wildman–Crippen MR) is 150 cm³/mol. The van der Waals surface area contributed by atoms with Gasteiger partial charge in [0.1, 0.15) is 23.9 Å². The van der Waals surface area contributed by atoms with Crippen LogP contribution in [-0.2, 0) is 24.4 Å². The van der Waals surface area contributed by atoms with Gasteiger partial charge in [-0.15, -0.1) is 0 Å². The molecule has 2 heterocycles. The second kappa shape index (κ2) is 12.2. The molecule has 1 aliphatic rings. The molecule has 5 rings (SSSR count). The van der Waals surface area contributed by atoms with Crippen molar-refractivity contribution in [1.29, 1.82) is 0 Å². The van der Waals surface area contributed by atoms with Gasteiger partial charge in [0.25, 0.3) is 5.91 Å². The third kappa shape index (κ3) is 6.42. The van der Waals surface area contributed by atoms with Crippen molar-refractivity contribution in [3.63, 3.8) is 0 Å². The molecule has 0 radical (unpaired) electrons. The summed E-state index contributed by atoms with van der Waals surface area (Å²) in [5.41, 5.74) is 3.75. The Balaban J connectivity index is 1.31. The van der Waals surface area contributed by atoms with E-state index in [2.05, 4.69) is 5.32 Å². The number of carbonyl (C=O) groups is 2. The van der Waals surface area contributed by atoms with Crippen molar-refractivity contribution in [3.8, 4) is 5.75 Å². The Bertz CT molecular complexity index is 1480. The largest absolute Gasteiger partial charge is 0.486 e. The van der Waals surface area contributed by atoms with Crippen molar-refractivity contribution >= 4 is 11.8 Å². The molecule has 0 saturated heterocycles. The number of halogens is 1. The lowest BCUT2D eigenvalue weighted by Crippen LogP contribution is -2.41. The van der Waals surface area contributed by atoms with Crippen molar-refractivity contribution in [2.24, 2.45) is 5.92 Å². The third-order valence-corrected chi connectivity index (χ3v) is 6.98. The molecule has 0 unspecified atom stereocenters. The first-order valence-electron chi connectivity index (χ1n) is 13.6. The smallest absolute Gasteiger partial charge is 0.287 e. The van der Waals surface area contributed by atoms with E-state index < -0.39 is 6.04 Å². The number of fused-ring (bicyclic) bond motifs is 1. The van der Waals surface area contributed by atoms with Crippen LogP contribution in [0.5, 0.6) is 5.75 Å². The third-order valence-electron chi connectivity index (χ3n) is 6.98. The van der Waals surface area contributed by atoms with Crippen LogP contribution in [0.3, 0.4) is 0 Å². The lowest BCUT2D eigenvalue weighted by Gasteiger charge is -2.38. The highest BCUT2D eigenvalue weighted by Crippen LogP contribution is 2.38. The molecule has 0 aliphatic carbocycles. The Labute approximate surface area is 233 Å². The topological polar surface area (TPSA) is 71.8 Å². The minimum absolute atomic E-state index is 0.0508. The highest BCUT2D eigenvalue weighted by molar-refractivity contribution is 5.91. The van der Waals surface area contributed by atoms with Crippen molar-refractivity contribution in [3.05, 3.63) is 125 Å². The van der Waals surface area contributed by atoms with Crippen LogP contribution in [0.25, 0.3) is 0 Å². The minimum atomic E-state index is -0.405. The molecule has 1 aliphatic heterocycles. The molecule has 0 fully saturated rings. The fraction of sp³-hybridized carbons (Fsp3) is 0.273. The molecule has 6 nitrogen and oxygen atoms in total. The van der Waals surface area contributed by atoms with E-state index in [1.54, 1.807) is 18.2 Å². The number of hydrogen-bond donors (Lipinski definition) is 1. The van der Waals surface area contributed by atoms with Crippen molar-refractivity contribution in [2.75, 3.05) is 6.54 Å². The average Bonchev–Trinajstić information content (AvgIpc) is 3.43. The van der Waals surface area contributed by atoms with E-state index in [1.165, 1.54) is 12.1 Å². The van der Waals surface area contributed by atoms with Crippen LogP contribution in [0.1, 0.15) is 64.9 Å². The second-order valence-electron chi connectivity index (χ2n) is 10.5. The predicted octanol–water partition coefficient (Wildman–Crippen LogP) is 6.45. The molecule has 40 heavy (non-hydrogen) atoms. The van der Waals surface area contributed by atoms with E-state index in [-0.39, 0.29) is 35.9 Å². The van der Waals surface area contributed by atoms with Gasteiger partial charge in [0, 0.05) is 19.5 Å². The maximum Gasteiger partial charge on any atom is 0.287 e. The maximum absolute atomic E-state index is 14.3. The first-order chi connectivity index (χ1) is 19.4. The van der Waals surface area contributed by atoms with Gasteiger partial charge in [-0.1, -0.05) is 62.4 Å². The van der Waals surface area contributed by atoms with E-state index in [4.69, 9.17) is 9.15 Å². The van der Waals surface area contributed by atoms with E-state index >= 15 is 0 Å². The Hall–Kier alpha value is -4.39. The Kier molecular flexibility index (Phi) is 8.29. The number of carbonyl (C=O) groups excluding carboxylic acids is 2. The zero-order chi connectivity index (χ0) is 28.1. The summed E-state index contributed by atoms with van der Waals surface area (Å²) in [6.07, 6.45) is 1.14. The second-order valence-corrected chi connectivity index (χ2v) is 10.5.